The molecule has 1 amide bonds. The molecule has 6 heteroatoms. The Morgan fingerprint density at radius 2 is 2.22 bits per heavy atom. The molecule has 0 saturated heterocycles. The van der Waals surface area contributed by atoms with Gasteiger partial charge in [-0.1, -0.05) is 18.2 Å². The van der Waals surface area contributed by atoms with Crippen LogP contribution in [0, 0.1) is 0 Å². The quantitative estimate of drug-likeness (QED) is 0.698. The third-order valence-corrected chi connectivity index (χ3v) is 4.72. The molecule has 0 aliphatic heterocycles. The molecular weight excluding hydrogens is 310 g/mol. The first-order valence-electron chi connectivity index (χ1n) is 7.41. The van der Waals surface area contributed by atoms with Crippen molar-refractivity contribution in [1.29, 1.82) is 0 Å². The molecule has 0 saturated carbocycles. The van der Waals surface area contributed by atoms with Crippen molar-refractivity contribution in [2.45, 2.75) is 6.54 Å². The molecule has 2 aromatic heterocycles. The highest BCUT2D eigenvalue weighted by Crippen LogP contribution is 2.26. The Morgan fingerprint density at radius 3 is 2.91 bits per heavy atom. The minimum Gasteiger partial charge on any atom is -0.383 e. The summed E-state index contributed by atoms with van der Waals surface area (Å²) in [5.41, 5.74) is 1.01. The molecular formula is C17H19N3O2S. The number of hydrogen-bond acceptors (Lipinski definition) is 4. The zero-order chi connectivity index (χ0) is 16.2. The lowest BCUT2D eigenvalue weighted by Gasteiger charge is -2.21. The second kappa shape index (κ2) is 6.93. The first-order chi connectivity index (χ1) is 11.2. The molecule has 0 radical (unpaired) electrons. The fourth-order valence-corrected chi connectivity index (χ4v) is 3.50. The standard InChI is InChI=1S/C17H19N3O2S/c1-19-11-13(10-18-19)12-20(7-8-22-2)17(21)16-9-14-5-3-4-6-15(14)23-16/h3-6,9-11H,7-8,12H2,1-2H3. The van der Waals surface area contributed by atoms with E-state index >= 15 is 0 Å². The first kappa shape index (κ1) is 15.7. The van der Waals surface area contributed by atoms with Crippen LogP contribution >= 0.6 is 11.3 Å². The van der Waals surface area contributed by atoms with Crippen LogP contribution < -0.4 is 0 Å². The lowest BCUT2D eigenvalue weighted by atomic mass is 10.2. The maximum absolute atomic E-state index is 12.9. The van der Waals surface area contributed by atoms with Crippen molar-refractivity contribution in [3.05, 3.63) is 53.2 Å². The minimum atomic E-state index is 0.0344. The summed E-state index contributed by atoms with van der Waals surface area (Å²) in [5.74, 6) is 0.0344. The predicted molar refractivity (Wildman–Crippen MR) is 91.6 cm³/mol. The van der Waals surface area contributed by atoms with E-state index < -0.39 is 0 Å². The van der Waals surface area contributed by atoms with Crippen LogP contribution in [0.25, 0.3) is 10.1 Å². The maximum Gasteiger partial charge on any atom is 0.264 e. The second-order valence-corrected chi connectivity index (χ2v) is 6.47. The number of aromatic nitrogens is 2. The maximum atomic E-state index is 12.9. The van der Waals surface area contributed by atoms with Crippen LogP contribution in [0.3, 0.4) is 0 Å². The molecule has 23 heavy (non-hydrogen) atoms. The van der Waals surface area contributed by atoms with Gasteiger partial charge in [-0.2, -0.15) is 5.10 Å². The van der Waals surface area contributed by atoms with Crippen LogP contribution in [0.15, 0.2) is 42.7 Å². The number of ether oxygens (including phenoxy) is 1. The molecule has 0 N–H and O–H groups in total. The van der Waals surface area contributed by atoms with Crippen molar-refractivity contribution >= 4 is 27.3 Å². The molecule has 0 aliphatic rings. The molecule has 3 aromatic rings. The zero-order valence-corrected chi connectivity index (χ0v) is 14.0. The Labute approximate surface area is 139 Å². The van der Waals surface area contributed by atoms with Crippen LogP contribution in [-0.4, -0.2) is 40.8 Å². The van der Waals surface area contributed by atoms with Crippen molar-refractivity contribution in [3.63, 3.8) is 0 Å². The van der Waals surface area contributed by atoms with Gasteiger partial charge in [0.05, 0.1) is 17.7 Å². The minimum absolute atomic E-state index is 0.0344. The van der Waals surface area contributed by atoms with Crippen molar-refractivity contribution < 1.29 is 9.53 Å². The van der Waals surface area contributed by atoms with Gasteiger partial charge in [-0.3, -0.25) is 9.48 Å². The third-order valence-electron chi connectivity index (χ3n) is 3.62. The zero-order valence-electron chi connectivity index (χ0n) is 13.2. The van der Waals surface area contributed by atoms with Crippen LogP contribution in [0.1, 0.15) is 15.2 Å². The second-order valence-electron chi connectivity index (χ2n) is 5.39. The Morgan fingerprint density at radius 1 is 1.39 bits per heavy atom. The van der Waals surface area contributed by atoms with E-state index in [-0.39, 0.29) is 5.91 Å². The number of thiophene rings is 1. The molecule has 0 unspecified atom stereocenters. The Balaban J connectivity index is 1.83. The number of rotatable bonds is 6. The topological polar surface area (TPSA) is 47.4 Å². The number of fused-ring (bicyclic) bond motifs is 1. The van der Waals surface area contributed by atoms with Crippen molar-refractivity contribution in [2.75, 3.05) is 20.3 Å². The van der Waals surface area contributed by atoms with E-state index in [0.29, 0.717) is 19.7 Å². The summed E-state index contributed by atoms with van der Waals surface area (Å²) in [6.07, 6.45) is 3.72. The van der Waals surface area contributed by atoms with Gasteiger partial charge in [-0.05, 0) is 17.5 Å². The summed E-state index contributed by atoms with van der Waals surface area (Å²) >= 11 is 1.53. The van der Waals surface area contributed by atoms with Gasteiger partial charge in [0.1, 0.15) is 0 Å². The smallest absolute Gasteiger partial charge is 0.264 e. The van der Waals surface area contributed by atoms with Crippen LogP contribution in [-0.2, 0) is 18.3 Å². The molecule has 3 rings (SSSR count). The fourth-order valence-electron chi connectivity index (χ4n) is 2.47. The van der Waals surface area contributed by atoms with E-state index in [1.807, 2.05) is 48.5 Å². The van der Waals surface area contributed by atoms with E-state index in [9.17, 15) is 4.79 Å². The van der Waals surface area contributed by atoms with E-state index in [1.165, 1.54) is 11.3 Å². The monoisotopic (exact) mass is 329 g/mol. The van der Waals surface area contributed by atoms with Gasteiger partial charge >= 0.3 is 0 Å². The van der Waals surface area contributed by atoms with Gasteiger partial charge in [0.25, 0.3) is 5.91 Å². The highest BCUT2D eigenvalue weighted by Gasteiger charge is 2.19. The summed E-state index contributed by atoms with van der Waals surface area (Å²) in [5, 5.41) is 5.27. The van der Waals surface area contributed by atoms with E-state index in [4.69, 9.17) is 4.74 Å². The summed E-state index contributed by atoms with van der Waals surface area (Å²) in [4.78, 5) is 15.5. The largest absolute Gasteiger partial charge is 0.383 e. The van der Waals surface area contributed by atoms with Crippen molar-refractivity contribution in [1.82, 2.24) is 14.7 Å². The molecule has 0 bridgehead atoms. The van der Waals surface area contributed by atoms with Gasteiger partial charge < -0.3 is 9.64 Å². The van der Waals surface area contributed by atoms with E-state index in [2.05, 4.69) is 5.10 Å². The number of benzene rings is 1. The van der Waals surface area contributed by atoms with Gasteiger partial charge in [-0.15, -0.1) is 11.3 Å². The van der Waals surface area contributed by atoms with Crippen molar-refractivity contribution in [2.24, 2.45) is 7.05 Å². The van der Waals surface area contributed by atoms with Crippen LogP contribution in [0.2, 0.25) is 0 Å². The van der Waals surface area contributed by atoms with Crippen LogP contribution in [0.4, 0.5) is 0 Å². The average Bonchev–Trinajstić information content (AvgIpc) is 3.16. The number of carbonyl (C=O) groups excluding carboxylic acids is 1. The highest BCUT2D eigenvalue weighted by molar-refractivity contribution is 7.20. The number of carbonyl (C=O) groups is 1. The number of amides is 1. The van der Waals surface area contributed by atoms with E-state index in [1.54, 1.807) is 18.0 Å². The molecule has 0 fully saturated rings. The van der Waals surface area contributed by atoms with E-state index in [0.717, 1.165) is 20.5 Å². The van der Waals surface area contributed by atoms with Crippen molar-refractivity contribution in [3.8, 4) is 0 Å². The van der Waals surface area contributed by atoms with Gasteiger partial charge in [-0.25, -0.2) is 0 Å². The number of methoxy groups -OCH3 is 1. The predicted octanol–water partition coefficient (Wildman–Crippen LogP) is 2.92. The van der Waals surface area contributed by atoms with Gasteiger partial charge in [0.15, 0.2) is 0 Å². The normalized spacial score (nSPS) is 11.0. The Kier molecular flexibility index (Phi) is 4.73. The molecule has 2 heterocycles. The summed E-state index contributed by atoms with van der Waals surface area (Å²) < 4.78 is 8.02. The fraction of sp³-hybridized carbons (Fsp3) is 0.294. The Bertz CT molecular complexity index is 776. The highest BCUT2D eigenvalue weighted by atomic mass is 32.1. The lowest BCUT2D eigenvalue weighted by molar-refractivity contribution is 0.0685. The average molecular weight is 329 g/mol. The summed E-state index contributed by atoms with van der Waals surface area (Å²) in [7, 11) is 3.52. The molecule has 1 aromatic carbocycles. The molecule has 0 spiro atoms. The first-order valence-corrected chi connectivity index (χ1v) is 8.23. The Hall–Kier alpha value is -2.18. The SMILES string of the molecule is COCCN(Cc1cnn(C)c1)C(=O)c1cc2ccccc2s1. The van der Waals surface area contributed by atoms with Gasteiger partial charge in [0, 0.05) is 43.7 Å². The third kappa shape index (κ3) is 3.60. The number of nitrogens with zero attached hydrogens (tertiary/aromatic N) is 3. The summed E-state index contributed by atoms with van der Waals surface area (Å²) in [6.45, 7) is 1.60. The lowest BCUT2D eigenvalue weighted by Crippen LogP contribution is -2.32. The molecule has 5 nitrogen and oxygen atoms in total. The molecule has 0 aliphatic carbocycles. The summed E-state index contributed by atoms with van der Waals surface area (Å²) in [6, 6.07) is 10.0. The van der Waals surface area contributed by atoms with Crippen LogP contribution in [0.5, 0.6) is 0 Å². The van der Waals surface area contributed by atoms with Gasteiger partial charge in [0.2, 0.25) is 0 Å². The molecule has 0 atom stereocenters. The molecule has 120 valence electrons. The number of hydrogen-bond donors (Lipinski definition) is 0. The number of aryl methyl sites for hydroxylation is 1.